The highest BCUT2D eigenvalue weighted by Gasteiger charge is 2.80. The minimum absolute atomic E-state index is 0.231. The predicted molar refractivity (Wildman–Crippen MR) is 62.6 cm³/mol. The highest BCUT2D eigenvalue weighted by atomic mass is 19.4. The molecule has 0 fully saturated rings. The highest BCUT2D eigenvalue weighted by Crippen LogP contribution is 2.49. The van der Waals surface area contributed by atoms with E-state index >= 15 is 0 Å². The van der Waals surface area contributed by atoms with Gasteiger partial charge in [0.05, 0.1) is 6.61 Å². The number of rotatable bonds is 5. The molecule has 0 aromatic carbocycles. The van der Waals surface area contributed by atoms with Crippen molar-refractivity contribution in [2.45, 2.75) is 43.0 Å². The molecule has 31 heavy (non-hydrogen) atoms. The molecular weight excluding hydrogens is 494 g/mol. The van der Waals surface area contributed by atoms with E-state index in [1.807, 2.05) is 4.74 Å². The molecule has 184 valence electrons. The molecule has 0 atom stereocenters. The van der Waals surface area contributed by atoms with Gasteiger partial charge in [-0.15, -0.1) is 0 Å². The molecule has 0 rings (SSSR count). The van der Waals surface area contributed by atoms with Crippen LogP contribution in [-0.4, -0.2) is 65.9 Å². The molecule has 0 aliphatic carbocycles. The van der Waals surface area contributed by atoms with Gasteiger partial charge in [-0.1, -0.05) is 0 Å². The molecule has 0 amide bonds. The van der Waals surface area contributed by atoms with Gasteiger partial charge in [-0.2, -0.15) is 61.5 Å². The minimum Gasteiger partial charge on any atom is -0.450 e. The summed E-state index contributed by atoms with van der Waals surface area (Å²) in [5, 5.41) is 7.69. The maximum absolute atomic E-state index is 12.6. The van der Waals surface area contributed by atoms with Gasteiger partial charge in [-0.3, -0.25) is 0 Å². The van der Waals surface area contributed by atoms with Crippen LogP contribution in [0.25, 0.3) is 0 Å². The SMILES string of the molecule is CCOC(=O)O.O=C(OC(=O)C(F)(F)C(F)(F)C(F)(F)F)C(F)(F)C(F)(F)C(F)(F)F. The molecule has 0 spiro atoms. The largest absolute Gasteiger partial charge is 0.505 e. The summed E-state index contributed by atoms with van der Waals surface area (Å²) in [6, 6.07) is 0. The fourth-order valence-electron chi connectivity index (χ4n) is 0.948. The van der Waals surface area contributed by atoms with Crippen molar-refractivity contribution < 1.29 is 90.4 Å². The van der Waals surface area contributed by atoms with Gasteiger partial charge in [0.2, 0.25) is 0 Å². The van der Waals surface area contributed by atoms with E-state index in [4.69, 9.17) is 5.11 Å². The Balaban J connectivity index is 0. The Morgan fingerprint density at radius 1 is 0.645 bits per heavy atom. The van der Waals surface area contributed by atoms with Crippen molar-refractivity contribution in [1.82, 2.24) is 0 Å². The molecule has 0 aliphatic heterocycles. The van der Waals surface area contributed by atoms with E-state index in [1.54, 1.807) is 6.92 Å². The summed E-state index contributed by atoms with van der Waals surface area (Å²) in [4.78, 5) is 30.1. The second-order valence-corrected chi connectivity index (χ2v) is 4.67. The molecule has 0 radical (unpaired) electrons. The maximum atomic E-state index is 12.6. The van der Waals surface area contributed by atoms with E-state index in [2.05, 4.69) is 4.74 Å². The lowest BCUT2D eigenvalue weighted by Gasteiger charge is -2.28. The van der Waals surface area contributed by atoms with Crippen LogP contribution in [0.2, 0.25) is 0 Å². The zero-order valence-electron chi connectivity index (χ0n) is 14.0. The summed E-state index contributed by atoms with van der Waals surface area (Å²) >= 11 is 0. The maximum Gasteiger partial charge on any atom is 0.505 e. The number of esters is 2. The topological polar surface area (TPSA) is 89.9 Å². The third-order valence-electron chi connectivity index (χ3n) is 2.47. The van der Waals surface area contributed by atoms with E-state index in [0.29, 0.717) is 0 Å². The number of hydrogen-bond donors (Lipinski definition) is 1. The summed E-state index contributed by atoms with van der Waals surface area (Å²) < 4.78 is 176. The number of halogens is 14. The lowest BCUT2D eigenvalue weighted by molar-refractivity contribution is -0.354. The van der Waals surface area contributed by atoms with E-state index in [-0.39, 0.29) is 6.61 Å². The van der Waals surface area contributed by atoms with Gasteiger partial charge >= 0.3 is 54.1 Å². The van der Waals surface area contributed by atoms with Crippen LogP contribution >= 0.6 is 0 Å². The summed E-state index contributed by atoms with van der Waals surface area (Å²) in [7, 11) is 0. The number of ether oxygens (including phenoxy) is 2. The Labute approximate surface area is 159 Å². The summed E-state index contributed by atoms with van der Waals surface area (Å²) in [5.41, 5.74) is 0. The summed E-state index contributed by atoms with van der Waals surface area (Å²) in [6.07, 6.45) is -15.6. The fourth-order valence-corrected chi connectivity index (χ4v) is 0.948. The zero-order chi connectivity index (χ0) is 25.9. The van der Waals surface area contributed by atoms with E-state index < -0.39 is 54.1 Å². The van der Waals surface area contributed by atoms with Crippen LogP contribution in [0.4, 0.5) is 66.3 Å². The van der Waals surface area contributed by atoms with Crippen molar-refractivity contribution in [3.63, 3.8) is 0 Å². The standard InChI is InChI=1S/C8F14O3.C3H6O3/c9-3(10,5(13,14)7(17,18)19)1(23)25-2(24)4(11,12)6(15,16)8(20,21)22;1-2-6-3(4)5/h;2H2,1H3,(H,4,5). The number of carbonyl (C=O) groups excluding carboxylic acids is 2. The Morgan fingerprint density at radius 2 is 0.903 bits per heavy atom. The Morgan fingerprint density at radius 3 is 1.03 bits per heavy atom. The first kappa shape index (κ1) is 30.6. The molecule has 0 saturated carbocycles. The van der Waals surface area contributed by atoms with Gasteiger partial charge in [-0.05, 0) is 6.92 Å². The Kier molecular flexibility index (Phi) is 9.17. The quantitative estimate of drug-likeness (QED) is 0.342. The minimum atomic E-state index is -7.33. The van der Waals surface area contributed by atoms with Gasteiger partial charge in [-0.25, -0.2) is 14.4 Å². The molecule has 0 aromatic rings. The highest BCUT2D eigenvalue weighted by molar-refractivity contribution is 5.93. The van der Waals surface area contributed by atoms with Gasteiger partial charge in [0.25, 0.3) is 0 Å². The molecule has 0 heterocycles. The van der Waals surface area contributed by atoms with Gasteiger partial charge < -0.3 is 14.6 Å². The molecule has 0 aliphatic rings. The molecule has 6 nitrogen and oxygen atoms in total. The number of hydrogen-bond acceptors (Lipinski definition) is 5. The van der Waals surface area contributed by atoms with Crippen molar-refractivity contribution in [3.05, 3.63) is 0 Å². The predicted octanol–water partition coefficient (Wildman–Crippen LogP) is 4.42. The average molecular weight is 500 g/mol. The molecule has 0 bridgehead atoms. The molecule has 0 saturated heterocycles. The smallest absolute Gasteiger partial charge is 0.450 e. The molecule has 20 heteroatoms. The third kappa shape index (κ3) is 6.45. The normalized spacial score (nSPS) is 13.6. The van der Waals surface area contributed by atoms with Crippen LogP contribution < -0.4 is 0 Å². The lowest BCUT2D eigenvalue weighted by atomic mass is 10.1. The Bertz CT molecular complexity index is 617. The zero-order valence-corrected chi connectivity index (χ0v) is 14.0. The first-order chi connectivity index (χ1) is 13.3. The van der Waals surface area contributed by atoms with Gasteiger partial charge in [0.15, 0.2) is 0 Å². The molecule has 0 unspecified atom stereocenters. The Hall–Kier alpha value is -2.57. The molecule has 1 N–H and O–H groups in total. The first-order valence-corrected chi connectivity index (χ1v) is 6.59. The van der Waals surface area contributed by atoms with E-state index in [9.17, 15) is 75.8 Å². The van der Waals surface area contributed by atoms with Crippen LogP contribution in [0.1, 0.15) is 6.92 Å². The second kappa shape index (κ2) is 9.28. The second-order valence-electron chi connectivity index (χ2n) is 4.67. The van der Waals surface area contributed by atoms with Gasteiger partial charge in [0, 0.05) is 0 Å². The van der Waals surface area contributed by atoms with Gasteiger partial charge in [0.1, 0.15) is 0 Å². The summed E-state index contributed by atoms with van der Waals surface area (Å²) in [5.74, 6) is -37.7. The van der Waals surface area contributed by atoms with E-state index in [0.717, 1.165) is 0 Å². The monoisotopic (exact) mass is 500 g/mol. The van der Waals surface area contributed by atoms with Crippen LogP contribution in [0.3, 0.4) is 0 Å². The average Bonchev–Trinajstić information content (AvgIpc) is 2.52. The van der Waals surface area contributed by atoms with Crippen molar-refractivity contribution in [2.75, 3.05) is 6.61 Å². The first-order valence-electron chi connectivity index (χ1n) is 6.59. The number of alkyl halides is 14. The number of carboxylic acid groups (broad SMARTS) is 1. The molecule has 0 aromatic heterocycles. The summed E-state index contributed by atoms with van der Waals surface area (Å²) in [6.45, 7) is 1.85. The fraction of sp³-hybridized carbons (Fsp3) is 0.727. The van der Waals surface area contributed by atoms with Crippen LogP contribution in [0.15, 0.2) is 0 Å². The van der Waals surface area contributed by atoms with Crippen molar-refractivity contribution in [1.29, 1.82) is 0 Å². The van der Waals surface area contributed by atoms with Crippen molar-refractivity contribution in [3.8, 4) is 0 Å². The van der Waals surface area contributed by atoms with Crippen LogP contribution in [-0.2, 0) is 19.1 Å². The van der Waals surface area contributed by atoms with Crippen molar-refractivity contribution >= 4 is 18.1 Å². The van der Waals surface area contributed by atoms with Crippen LogP contribution in [0.5, 0.6) is 0 Å². The number of carbonyl (C=O) groups is 3. The van der Waals surface area contributed by atoms with Crippen LogP contribution in [0, 0.1) is 0 Å². The van der Waals surface area contributed by atoms with Crippen molar-refractivity contribution in [2.24, 2.45) is 0 Å². The molecular formula is C11H6F14O6. The third-order valence-corrected chi connectivity index (χ3v) is 2.47. The van der Waals surface area contributed by atoms with E-state index in [1.165, 1.54) is 0 Å². The lowest BCUT2D eigenvalue weighted by Crippen LogP contribution is -2.60.